The molecule has 164 valence electrons. The van der Waals surface area contributed by atoms with Crippen molar-refractivity contribution in [3.8, 4) is 16.5 Å². The number of aromatic nitrogens is 4. The summed E-state index contributed by atoms with van der Waals surface area (Å²) in [5.41, 5.74) is 4.23. The zero-order valence-electron chi connectivity index (χ0n) is 17.9. The van der Waals surface area contributed by atoms with Gasteiger partial charge in [0, 0.05) is 40.6 Å². The van der Waals surface area contributed by atoms with Crippen LogP contribution in [0.1, 0.15) is 26.5 Å². The molecule has 0 atom stereocenters. The highest BCUT2D eigenvalue weighted by Gasteiger charge is 2.24. The molecule has 0 fully saturated rings. The highest BCUT2D eigenvalue weighted by Crippen LogP contribution is 2.34. The molecular weight excluding hydrogens is 456 g/mol. The minimum atomic E-state index is -0.0757. The van der Waals surface area contributed by atoms with Crippen molar-refractivity contribution in [2.45, 2.75) is 13.5 Å². The molecule has 33 heavy (non-hydrogen) atoms. The van der Waals surface area contributed by atoms with Crippen LogP contribution in [0.3, 0.4) is 0 Å². The molecule has 0 spiro atoms. The summed E-state index contributed by atoms with van der Waals surface area (Å²) in [4.78, 5) is 18.7. The second-order valence-corrected chi connectivity index (χ2v) is 8.99. The number of carbonyl (C=O) groups is 1. The van der Waals surface area contributed by atoms with Gasteiger partial charge in [0.05, 0.1) is 17.6 Å². The predicted molar refractivity (Wildman–Crippen MR) is 130 cm³/mol. The third-order valence-electron chi connectivity index (χ3n) is 5.53. The Kier molecular flexibility index (Phi) is 5.66. The summed E-state index contributed by atoms with van der Waals surface area (Å²) in [5.74, 6) is 0.623. The Morgan fingerprint density at radius 1 is 1.15 bits per heavy atom. The maximum Gasteiger partial charge on any atom is 0.207 e. The summed E-state index contributed by atoms with van der Waals surface area (Å²) in [6.07, 6.45) is 3.22. The lowest BCUT2D eigenvalue weighted by Crippen LogP contribution is -2.05. The fourth-order valence-electron chi connectivity index (χ4n) is 3.89. The summed E-state index contributed by atoms with van der Waals surface area (Å²) in [6, 6.07) is 17.2. The van der Waals surface area contributed by atoms with Gasteiger partial charge in [-0.15, -0.1) is 16.4 Å². The van der Waals surface area contributed by atoms with Gasteiger partial charge in [-0.25, -0.2) is 4.98 Å². The number of rotatable bonds is 6. The summed E-state index contributed by atoms with van der Waals surface area (Å²) in [6.45, 7) is 2.59. The van der Waals surface area contributed by atoms with E-state index in [2.05, 4.69) is 19.7 Å². The number of methoxy groups -OCH3 is 1. The van der Waals surface area contributed by atoms with E-state index < -0.39 is 0 Å². The lowest BCUT2D eigenvalue weighted by atomic mass is 10.1. The van der Waals surface area contributed by atoms with Crippen LogP contribution < -0.4 is 4.74 Å². The van der Waals surface area contributed by atoms with Gasteiger partial charge < -0.3 is 9.30 Å². The quantitative estimate of drug-likeness (QED) is 0.291. The molecule has 0 aliphatic rings. The molecule has 3 aromatic heterocycles. The van der Waals surface area contributed by atoms with Crippen LogP contribution in [-0.4, -0.2) is 32.6 Å². The predicted octanol–water partition coefficient (Wildman–Crippen LogP) is 5.80. The van der Waals surface area contributed by atoms with E-state index in [-0.39, 0.29) is 5.78 Å². The van der Waals surface area contributed by atoms with E-state index in [1.54, 1.807) is 25.6 Å². The Labute approximate surface area is 199 Å². The van der Waals surface area contributed by atoms with Crippen molar-refractivity contribution in [2.75, 3.05) is 7.11 Å². The van der Waals surface area contributed by atoms with Crippen molar-refractivity contribution in [3.05, 3.63) is 93.7 Å². The van der Waals surface area contributed by atoms with E-state index in [0.29, 0.717) is 38.5 Å². The van der Waals surface area contributed by atoms with Crippen molar-refractivity contribution in [1.29, 1.82) is 0 Å². The van der Waals surface area contributed by atoms with Crippen molar-refractivity contribution in [1.82, 2.24) is 19.7 Å². The van der Waals surface area contributed by atoms with E-state index in [9.17, 15) is 4.79 Å². The van der Waals surface area contributed by atoms with Crippen LogP contribution in [0, 0.1) is 6.92 Å². The van der Waals surface area contributed by atoms with Crippen molar-refractivity contribution in [2.24, 2.45) is 0 Å². The third kappa shape index (κ3) is 4.01. The Morgan fingerprint density at radius 3 is 2.70 bits per heavy atom. The molecule has 0 amide bonds. The number of hydrogen-bond acceptors (Lipinski definition) is 6. The smallest absolute Gasteiger partial charge is 0.207 e. The van der Waals surface area contributed by atoms with Crippen LogP contribution in [0.5, 0.6) is 5.75 Å². The molecule has 0 aliphatic heterocycles. The average molecular weight is 475 g/mol. The van der Waals surface area contributed by atoms with Gasteiger partial charge in [-0.2, -0.15) is 5.10 Å². The second kappa shape index (κ2) is 8.77. The summed E-state index contributed by atoms with van der Waals surface area (Å²) in [5, 5.41) is 10.2. The van der Waals surface area contributed by atoms with Gasteiger partial charge >= 0.3 is 0 Å². The zero-order chi connectivity index (χ0) is 22.9. The molecule has 0 bridgehead atoms. The van der Waals surface area contributed by atoms with Gasteiger partial charge in [0.1, 0.15) is 16.5 Å². The normalized spacial score (nSPS) is 11.1. The Morgan fingerprint density at radius 2 is 1.97 bits per heavy atom. The Bertz CT molecular complexity index is 1460. The zero-order valence-corrected chi connectivity index (χ0v) is 19.5. The van der Waals surface area contributed by atoms with E-state index in [1.807, 2.05) is 55.5 Å². The summed E-state index contributed by atoms with van der Waals surface area (Å²) >= 11 is 7.37. The minimum Gasteiger partial charge on any atom is -0.497 e. The highest BCUT2D eigenvalue weighted by atomic mass is 35.5. The number of ketones is 1. The molecule has 6 nitrogen and oxygen atoms in total. The number of nitrogens with zero attached hydrogens (tertiary/aromatic N) is 4. The molecular formula is C25H19ClN4O2S. The van der Waals surface area contributed by atoms with Gasteiger partial charge in [-0.05, 0) is 55.0 Å². The summed E-state index contributed by atoms with van der Waals surface area (Å²) in [7, 11) is 1.62. The van der Waals surface area contributed by atoms with Crippen LogP contribution in [0.15, 0.2) is 67.0 Å². The lowest BCUT2D eigenvalue weighted by molar-refractivity contribution is 0.104. The van der Waals surface area contributed by atoms with Gasteiger partial charge in [0.15, 0.2) is 0 Å². The monoisotopic (exact) mass is 474 g/mol. The van der Waals surface area contributed by atoms with Crippen LogP contribution in [0.2, 0.25) is 5.02 Å². The Balaban J connectivity index is 1.61. The molecule has 3 heterocycles. The van der Waals surface area contributed by atoms with Crippen LogP contribution in [0.4, 0.5) is 0 Å². The maximum atomic E-state index is 13.7. The van der Waals surface area contributed by atoms with Gasteiger partial charge in [0.2, 0.25) is 5.78 Å². The molecule has 0 unspecified atom stereocenters. The second-order valence-electron chi connectivity index (χ2n) is 7.52. The lowest BCUT2D eigenvalue weighted by Gasteiger charge is -2.09. The minimum absolute atomic E-state index is 0.0757. The molecule has 5 aromatic rings. The number of thiazole rings is 1. The number of fused-ring (bicyclic) bond motifs is 1. The molecule has 2 aromatic carbocycles. The fraction of sp³-hybridized carbons (Fsp3) is 0.120. The first kappa shape index (κ1) is 21.3. The van der Waals surface area contributed by atoms with Crippen molar-refractivity contribution in [3.63, 3.8) is 0 Å². The number of hydrogen-bond donors (Lipinski definition) is 0. The maximum absolute atomic E-state index is 13.7. The average Bonchev–Trinajstić information content (AvgIpc) is 3.44. The fourth-order valence-corrected chi connectivity index (χ4v) is 4.84. The molecule has 5 rings (SSSR count). The summed E-state index contributed by atoms with van der Waals surface area (Å²) < 4.78 is 7.59. The topological polar surface area (TPSA) is 69.9 Å². The first-order valence-electron chi connectivity index (χ1n) is 10.2. The van der Waals surface area contributed by atoms with Crippen LogP contribution in [-0.2, 0) is 6.54 Å². The van der Waals surface area contributed by atoms with Crippen molar-refractivity contribution < 1.29 is 9.53 Å². The molecule has 0 radical (unpaired) electrons. The molecule has 0 aliphatic carbocycles. The SMILES string of the molecule is COc1ccc2c(c1)c(C(=O)c1cnc(-c3cccnn3)s1)c(C)n2Cc1ccc(Cl)cc1. The third-order valence-corrected chi connectivity index (χ3v) is 6.80. The first-order valence-corrected chi connectivity index (χ1v) is 11.4. The molecule has 0 saturated heterocycles. The van der Waals surface area contributed by atoms with Gasteiger partial charge in [0.25, 0.3) is 0 Å². The van der Waals surface area contributed by atoms with Gasteiger partial charge in [-0.1, -0.05) is 23.7 Å². The van der Waals surface area contributed by atoms with Crippen LogP contribution in [0.25, 0.3) is 21.6 Å². The molecule has 8 heteroatoms. The van der Waals surface area contributed by atoms with E-state index in [0.717, 1.165) is 22.2 Å². The van der Waals surface area contributed by atoms with Crippen molar-refractivity contribution >= 4 is 39.6 Å². The van der Waals surface area contributed by atoms with Gasteiger partial charge in [-0.3, -0.25) is 4.79 Å². The van der Waals surface area contributed by atoms with E-state index in [1.165, 1.54) is 11.3 Å². The molecule has 0 saturated carbocycles. The van der Waals surface area contributed by atoms with E-state index >= 15 is 0 Å². The largest absolute Gasteiger partial charge is 0.497 e. The highest BCUT2D eigenvalue weighted by molar-refractivity contribution is 7.17. The number of benzene rings is 2. The number of halogens is 1. The molecule has 0 N–H and O–H groups in total. The van der Waals surface area contributed by atoms with Crippen LogP contribution >= 0.6 is 22.9 Å². The first-order chi connectivity index (χ1) is 16.0. The van der Waals surface area contributed by atoms with E-state index in [4.69, 9.17) is 16.3 Å². The Hall–Kier alpha value is -3.55. The number of ether oxygens (including phenoxy) is 1. The standard InChI is InChI=1S/C25H19ClN4O2S/c1-15-23(24(31)22-13-27-25(33-22)20-4-3-11-28-29-20)19-12-18(32-2)9-10-21(19)30(15)14-16-5-7-17(26)8-6-16/h3-13H,14H2,1-2H3. The number of carbonyl (C=O) groups excluding carboxylic acids is 1.